The molecule has 4 rings (SSSR count). The van der Waals surface area contributed by atoms with Crippen LogP contribution in [0.5, 0.6) is 5.75 Å². The fourth-order valence-electron chi connectivity index (χ4n) is 3.68. The topological polar surface area (TPSA) is 86.6 Å². The first kappa shape index (κ1) is 20.0. The summed E-state index contributed by atoms with van der Waals surface area (Å²) < 4.78 is 12.3. The molecule has 1 atom stereocenters. The first-order valence-corrected chi connectivity index (χ1v) is 9.99. The van der Waals surface area contributed by atoms with E-state index in [9.17, 15) is 9.59 Å². The van der Waals surface area contributed by atoms with Gasteiger partial charge in [0.2, 0.25) is 5.91 Å². The van der Waals surface area contributed by atoms with E-state index in [-0.39, 0.29) is 24.1 Å². The predicted molar refractivity (Wildman–Crippen MR) is 111 cm³/mol. The van der Waals surface area contributed by atoms with Gasteiger partial charge in [-0.05, 0) is 31.0 Å². The van der Waals surface area contributed by atoms with E-state index in [0.717, 1.165) is 23.1 Å². The molecule has 2 aromatic carbocycles. The maximum Gasteiger partial charge on any atom is 0.278 e. The standard InChI is InChI=1S/C22H24N4O4/c1-29-20-11-5-2-7-16(20)13-25(14-17-8-6-12-30-17)21(27)15-26-22(28)18-9-3-4-10-19(18)23-24-26/h2-5,7,9-11,17H,6,8,12-15H2,1H3. The van der Waals surface area contributed by atoms with Crippen molar-refractivity contribution in [2.24, 2.45) is 0 Å². The van der Waals surface area contributed by atoms with E-state index >= 15 is 0 Å². The summed E-state index contributed by atoms with van der Waals surface area (Å²) in [5.41, 5.74) is 1.07. The lowest BCUT2D eigenvalue weighted by molar-refractivity contribution is -0.134. The number of nitrogens with zero attached hydrogens (tertiary/aromatic N) is 4. The molecule has 1 aliphatic heterocycles. The Morgan fingerprint density at radius 2 is 2.03 bits per heavy atom. The molecular weight excluding hydrogens is 384 g/mol. The van der Waals surface area contributed by atoms with Gasteiger partial charge in [-0.3, -0.25) is 9.59 Å². The fourth-order valence-corrected chi connectivity index (χ4v) is 3.68. The van der Waals surface area contributed by atoms with E-state index in [4.69, 9.17) is 9.47 Å². The maximum absolute atomic E-state index is 13.2. The summed E-state index contributed by atoms with van der Waals surface area (Å²) in [6.07, 6.45) is 1.88. The van der Waals surface area contributed by atoms with Gasteiger partial charge in [-0.15, -0.1) is 5.10 Å². The van der Waals surface area contributed by atoms with Crippen molar-refractivity contribution in [3.05, 3.63) is 64.4 Å². The van der Waals surface area contributed by atoms with Crippen molar-refractivity contribution in [3.63, 3.8) is 0 Å². The summed E-state index contributed by atoms with van der Waals surface area (Å²) in [5.74, 6) is 0.494. The van der Waals surface area contributed by atoms with E-state index in [1.165, 1.54) is 0 Å². The zero-order chi connectivity index (χ0) is 20.9. The lowest BCUT2D eigenvalue weighted by Crippen LogP contribution is -2.41. The molecule has 3 aromatic rings. The maximum atomic E-state index is 13.2. The number of rotatable bonds is 7. The van der Waals surface area contributed by atoms with E-state index < -0.39 is 0 Å². The molecule has 30 heavy (non-hydrogen) atoms. The highest BCUT2D eigenvalue weighted by atomic mass is 16.5. The molecule has 0 bridgehead atoms. The molecule has 0 saturated carbocycles. The van der Waals surface area contributed by atoms with Crippen LogP contribution >= 0.6 is 0 Å². The quantitative estimate of drug-likeness (QED) is 0.594. The van der Waals surface area contributed by atoms with Gasteiger partial charge in [0, 0.05) is 25.3 Å². The zero-order valence-electron chi connectivity index (χ0n) is 16.9. The summed E-state index contributed by atoms with van der Waals surface area (Å²) in [7, 11) is 1.61. The van der Waals surface area contributed by atoms with Crippen molar-refractivity contribution in [2.75, 3.05) is 20.3 Å². The van der Waals surface area contributed by atoms with Crippen LogP contribution in [0.2, 0.25) is 0 Å². The first-order chi connectivity index (χ1) is 14.7. The van der Waals surface area contributed by atoms with E-state index in [1.54, 1.807) is 36.3 Å². The van der Waals surface area contributed by atoms with Gasteiger partial charge in [-0.25, -0.2) is 4.68 Å². The number of carbonyl (C=O) groups excluding carboxylic acids is 1. The van der Waals surface area contributed by atoms with Crippen LogP contribution in [-0.4, -0.2) is 52.2 Å². The Balaban J connectivity index is 1.59. The highest BCUT2D eigenvalue weighted by Crippen LogP contribution is 2.21. The van der Waals surface area contributed by atoms with Crippen LogP contribution in [0.25, 0.3) is 10.9 Å². The molecule has 0 N–H and O–H groups in total. The van der Waals surface area contributed by atoms with E-state index in [0.29, 0.717) is 36.3 Å². The number of methoxy groups -OCH3 is 1. The Bertz CT molecular complexity index is 1090. The molecule has 8 nitrogen and oxygen atoms in total. The third-order valence-electron chi connectivity index (χ3n) is 5.27. The number of hydrogen-bond acceptors (Lipinski definition) is 6. The molecule has 8 heteroatoms. The van der Waals surface area contributed by atoms with Crippen LogP contribution in [0.3, 0.4) is 0 Å². The van der Waals surface area contributed by atoms with Crippen LogP contribution in [0.4, 0.5) is 0 Å². The molecule has 0 aliphatic carbocycles. The SMILES string of the molecule is COc1ccccc1CN(CC1CCCO1)C(=O)Cn1nnc2ccccc2c1=O. The van der Waals surface area contributed by atoms with Crippen LogP contribution in [0, 0.1) is 0 Å². The second kappa shape index (κ2) is 9.04. The van der Waals surface area contributed by atoms with Gasteiger partial charge in [-0.1, -0.05) is 35.5 Å². The minimum Gasteiger partial charge on any atom is -0.496 e. The van der Waals surface area contributed by atoms with Gasteiger partial charge in [0.25, 0.3) is 5.56 Å². The highest BCUT2D eigenvalue weighted by molar-refractivity contribution is 5.78. The van der Waals surface area contributed by atoms with E-state index in [2.05, 4.69) is 10.3 Å². The number of ether oxygens (including phenoxy) is 2. The minimum absolute atomic E-state index is 0.0110. The number of para-hydroxylation sites is 1. The van der Waals surface area contributed by atoms with Gasteiger partial charge in [0.05, 0.1) is 18.6 Å². The predicted octanol–water partition coefficient (Wildman–Crippen LogP) is 2.01. The number of carbonyl (C=O) groups is 1. The van der Waals surface area contributed by atoms with Crippen LogP contribution in [-0.2, 0) is 22.6 Å². The Labute approximate surface area is 174 Å². The Hall–Kier alpha value is -3.26. The largest absolute Gasteiger partial charge is 0.496 e. The molecular formula is C22H24N4O4. The molecule has 156 valence electrons. The minimum atomic E-state index is -0.330. The summed E-state index contributed by atoms with van der Waals surface area (Å²) in [6.45, 7) is 1.33. The monoisotopic (exact) mass is 408 g/mol. The second-order valence-corrected chi connectivity index (χ2v) is 7.29. The third-order valence-corrected chi connectivity index (χ3v) is 5.27. The fraction of sp³-hybridized carbons (Fsp3) is 0.364. The summed E-state index contributed by atoms with van der Waals surface area (Å²) in [4.78, 5) is 27.6. The van der Waals surface area contributed by atoms with Crippen LogP contribution in [0.15, 0.2) is 53.3 Å². The number of fused-ring (bicyclic) bond motifs is 1. The molecule has 0 spiro atoms. The third kappa shape index (κ3) is 4.33. The molecule has 1 saturated heterocycles. The summed E-state index contributed by atoms with van der Waals surface area (Å²) in [5, 5.41) is 8.46. The molecule has 1 amide bonds. The highest BCUT2D eigenvalue weighted by Gasteiger charge is 2.24. The van der Waals surface area contributed by atoms with Crippen molar-refractivity contribution < 1.29 is 14.3 Å². The molecule has 2 heterocycles. The van der Waals surface area contributed by atoms with Crippen molar-refractivity contribution in [1.29, 1.82) is 0 Å². The molecule has 1 aromatic heterocycles. The van der Waals surface area contributed by atoms with Crippen molar-refractivity contribution in [2.45, 2.75) is 32.0 Å². The Morgan fingerprint density at radius 3 is 2.83 bits per heavy atom. The van der Waals surface area contributed by atoms with Gasteiger partial charge in [-0.2, -0.15) is 0 Å². The number of aromatic nitrogens is 3. The summed E-state index contributed by atoms with van der Waals surface area (Å²) >= 11 is 0. The lowest BCUT2D eigenvalue weighted by atomic mass is 10.1. The van der Waals surface area contributed by atoms with Crippen molar-refractivity contribution >= 4 is 16.8 Å². The number of hydrogen-bond donors (Lipinski definition) is 0. The molecule has 0 radical (unpaired) electrons. The average Bonchev–Trinajstić information content (AvgIpc) is 3.29. The number of benzene rings is 2. The molecule has 1 aliphatic rings. The van der Waals surface area contributed by atoms with Crippen molar-refractivity contribution in [3.8, 4) is 5.75 Å². The lowest BCUT2D eigenvalue weighted by Gasteiger charge is -2.26. The van der Waals surface area contributed by atoms with Gasteiger partial charge < -0.3 is 14.4 Å². The van der Waals surface area contributed by atoms with Crippen molar-refractivity contribution in [1.82, 2.24) is 19.9 Å². The molecule has 1 unspecified atom stereocenters. The number of amides is 1. The van der Waals surface area contributed by atoms with E-state index in [1.807, 2.05) is 24.3 Å². The Morgan fingerprint density at radius 1 is 1.23 bits per heavy atom. The Kier molecular flexibility index (Phi) is 6.04. The van der Waals surface area contributed by atoms with Gasteiger partial charge in [0.1, 0.15) is 17.8 Å². The smallest absolute Gasteiger partial charge is 0.278 e. The molecule has 1 fully saturated rings. The average molecular weight is 408 g/mol. The van der Waals surface area contributed by atoms with Crippen LogP contribution < -0.4 is 10.3 Å². The van der Waals surface area contributed by atoms with Gasteiger partial charge in [0.15, 0.2) is 0 Å². The zero-order valence-corrected chi connectivity index (χ0v) is 16.9. The normalized spacial score (nSPS) is 16.0. The first-order valence-electron chi connectivity index (χ1n) is 9.99. The summed E-state index contributed by atoms with van der Waals surface area (Å²) in [6, 6.07) is 14.6. The van der Waals surface area contributed by atoms with Gasteiger partial charge >= 0.3 is 0 Å². The second-order valence-electron chi connectivity index (χ2n) is 7.29. The van der Waals surface area contributed by atoms with Crippen LogP contribution in [0.1, 0.15) is 18.4 Å².